The number of hydrogen-bond donors (Lipinski definition) is 0. The fourth-order valence-electron chi connectivity index (χ4n) is 2.56. The molecule has 20 heavy (non-hydrogen) atoms. The summed E-state index contributed by atoms with van der Waals surface area (Å²) in [6.07, 6.45) is 0. The molecule has 1 atom stereocenters. The van der Waals surface area contributed by atoms with E-state index in [2.05, 4.69) is 0 Å². The van der Waals surface area contributed by atoms with E-state index in [4.69, 9.17) is 4.74 Å². The maximum atomic E-state index is 12.6. The molecule has 0 radical (unpaired) electrons. The van der Waals surface area contributed by atoms with Crippen molar-refractivity contribution in [3.05, 3.63) is 64.7 Å². The van der Waals surface area contributed by atoms with Gasteiger partial charge in [0.25, 0.3) is 0 Å². The molecule has 0 aromatic heterocycles. The number of carbonyl (C=O) groups excluding carboxylic acids is 1. The maximum absolute atomic E-state index is 12.6. The Morgan fingerprint density at radius 3 is 2.10 bits per heavy atom. The molecular formula is C18H20O2. The first kappa shape index (κ1) is 14.3. The topological polar surface area (TPSA) is 26.3 Å². The first-order valence-corrected chi connectivity index (χ1v) is 6.79. The Bertz CT molecular complexity index is 592. The summed E-state index contributed by atoms with van der Waals surface area (Å²) >= 11 is 0. The van der Waals surface area contributed by atoms with Crippen LogP contribution in [0.1, 0.15) is 39.9 Å². The molecule has 0 aliphatic carbocycles. The van der Waals surface area contributed by atoms with E-state index in [1.807, 2.05) is 63.2 Å². The first-order chi connectivity index (χ1) is 9.54. The maximum Gasteiger partial charge on any atom is 0.170 e. The molecule has 0 spiro atoms. The summed E-state index contributed by atoms with van der Waals surface area (Å²) in [6.45, 7) is 5.89. The van der Waals surface area contributed by atoms with Gasteiger partial charge in [0.1, 0.15) is 5.75 Å². The van der Waals surface area contributed by atoms with Crippen molar-refractivity contribution in [2.45, 2.75) is 26.7 Å². The molecule has 0 saturated carbocycles. The molecule has 0 bridgehead atoms. The van der Waals surface area contributed by atoms with Crippen LogP contribution in [-0.2, 0) is 0 Å². The van der Waals surface area contributed by atoms with Gasteiger partial charge in [0.2, 0.25) is 0 Å². The minimum absolute atomic E-state index is 0.136. The van der Waals surface area contributed by atoms with Crippen LogP contribution in [0.5, 0.6) is 5.75 Å². The second kappa shape index (κ2) is 5.91. The van der Waals surface area contributed by atoms with E-state index in [1.165, 1.54) is 0 Å². The zero-order chi connectivity index (χ0) is 14.7. The van der Waals surface area contributed by atoms with Crippen LogP contribution in [0.2, 0.25) is 0 Å². The van der Waals surface area contributed by atoms with Crippen LogP contribution in [-0.4, -0.2) is 12.9 Å². The highest BCUT2D eigenvalue weighted by atomic mass is 16.5. The fraction of sp³-hybridized carbons (Fsp3) is 0.278. The van der Waals surface area contributed by atoms with Gasteiger partial charge >= 0.3 is 0 Å². The third-order valence-corrected chi connectivity index (χ3v) is 3.64. The molecule has 2 nitrogen and oxygen atoms in total. The molecule has 0 saturated heterocycles. The number of ether oxygens (including phenoxy) is 1. The molecule has 0 aliphatic rings. The Morgan fingerprint density at radius 2 is 1.60 bits per heavy atom. The normalized spacial score (nSPS) is 12.0. The van der Waals surface area contributed by atoms with E-state index in [0.29, 0.717) is 0 Å². The summed E-state index contributed by atoms with van der Waals surface area (Å²) in [5.41, 5.74) is 3.79. The van der Waals surface area contributed by atoms with Gasteiger partial charge in [-0.1, -0.05) is 37.3 Å². The van der Waals surface area contributed by atoms with Crippen LogP contribution in [0, 0.1) is 13.8 Å². The quantitative estimate of drug-likeness (QED) is 0.773. The van der Waals surface area contributed by atoms with Crippen LogP contribution in [0.3, 0.4) is 0 Å². The summed E-state index contributed by atoms with van der Waals surface area (Å²) < 4.78 is 5.34. The number of carbonyl (C=O) groups is 1. The fourth-order valence-corrected chi connectivity index (χ4v) is 2.56. The van der Waals surface area contributed by atoms with E-state index in [1.54, 1.807) is 7.11 Å². The summed E-state index contributed by atoms with van der Waals surface area (Å²) in [5, 5.41) is 0. The molecule has 0 heterocycles. The minimum Gasteiger partial charge on any atom is -0.496 e. The highest BCUT2D eigenvalue weighted by molar-refractivity contribution is 6.01. The number of hydrogen-bond acceptors (Lipinski definition) is 2. The molecule has 0 N–H and O–H groups in total. The summed E-state index contributed by atoms with van der Waals surface area (Å²) in [6, 6.07) is 13.7. The van der Waals surface area contributed by atoms with Gasteiger partial charge < -0.3 is 4.74 Å². The molecule has 1 unspecified atom stereocenters. The second-order valence-electron chi connectivity index (χ2n) is 5.14. The first-order valence-electron chi connectivity index (χ1n) is 6.79. The predicted molar refractivity (Wildman–Crippen MR) is 81.7 cm³/mol. The summed E-state index contributed by atoms with van der Waals surface area (Å²) in [7, 11) is 1.66. The standard InChI is InChI=1S/C18H20O2/c1-12-10-16(11-13(2)18(12)20-4)17(19)14(3)15-8-6-5-7-9-15/h5-11,14H,1-4H3. The zero-order valence-electron chi connectivity index (χ0n) is 12.4. The van der Waals surface area contributed by atoms with Crippen molar-refractivity contribution < 1.29 is 9.53 Å². The van der Waals surface area contributed by atoms with Crippen molar-refractivity contribution in [1.29, 1.82) is 0 Å². The van der Waals surface area contributed by atoms with Gasteiger partial charge in [-0.3, -0.25) is 4.79 Å². The molecule has 2 aromatic rings. The summed E-state index contributed by atoms with van der Waals surface area (Å²) in [5.74, 6) is 0.863. The van der Waals surface area contributed by atoms with Gasteiger partial charge in [0.05, 0.1) is 7.11 Å². The van der Waals surface area contributed by atoms with Crippen molar-refractivity contribution in [3.8, 4) is 5.75 Å². The second-order valence-corrected chi connectivity index (χ2v) is 5.14. The lowest BCUT2D eigenvalue weighted by atomic mass is 9.91. The van der Waals surface area contributed by atoms with E-state index in [9.17, 15) is 4.79 Å². The van der Waals surface area contributed by atoms with Crippen molar-refractivity contribution in [2.24, 2.45) is 0 Å². The van der Waals surface area contributed by atoms with Crippen LogP contribution in [0.25, 0.3) is 0 Å². The monoisotopic (exact) mass is 268 g/mol. The van der Waals surface area contributed by atoms with Crippen LogP contribution in [0.15, 0.2) is 42.5 Å². The Labute approximate surface area is 120 Å². The number of Topliss-reactive ketones (excluding diaryl/α,β-unsaturated/α-hetero) is 1. The predicted octanol–water partition coefficient (Wildman–Crippen LogP) is 4.30. The number of benzene rings is 2. The Hall–Kier alpha value is -2.09. The van der Waals surface area contributed by atoms with Gasteiger partial charge in [0, 0.05) is 11.5 Å². The number of ketones is 1. The highest BCUT2D eigenvalue weighted by Gasteiger charge is 2.18. The summed E-state index contributed by atoms with van der Waals surface area (Å²) in [4.78, 5) is 12.6. The van der Waals surface area contributed by atoms with Gasteiger partial charge in [0.15, 0.2) is 5.78 Å². The minimum atomic E-state index is -0.136. The Morgan fingerprint density at radius 1 is 1.05 bits per heavy atom. The third-order valence-electron chi connectivity index (χ3n) is 3.64. The average Bonchev–Trinajstić information content (AvgIpc) is 2.46. The van der Waals surface area contributed by atoms with Gasteiger partial charge in [-0.25, -0.2) is 0 Å². The molecule has 0 aliphatic heterocycles. The lowest BCUT2D eigenvalue weighted by molar-refractivity contribution is 0.0966. The van der Waals surface area contributed by atoms with Crippen LogP contribution in [0.4, 0.5) is 0 Å². The van der Waals surface area contributed by atoms with Gasteiger partial charge in [-0.05, 0) is 42.7 Å². The van der Waals surface area contributed by atoms with Crippen molar-refractivity contribution >= 4 is 5.78 Å². The molecular weight excluding hydrogens is 248 g/mol. The van der Waals surface area contributed by atoms with E-state index >= 15 is 0 Å². The molecule has 2 aromatic carbocycles. The van der Waals surface area contributed by atoms with Crippen molar-refractivity contribution in [1.82, 2.24) is 0 Å². The average molecular weight is 268 g/mol. The third kappa shape index (κ3) is 2.74. The number of methoxy groups -OCH3 is 1. The largest absolute Gasteiger partial charge is 0.496 e. The van der Waals surface area contributed by atoms with Crippen molar-refractivity contribution in [3.63, 3.8) is 0 Å². The zero-order valence-corrected chi connectivity index (χ0v) is 12.4. The molecule has 0 amide bonds. The van der Waals surface area contributed by atoms with E-state index < -0.39 is 0 Å². The lowest BCUT2D eigenvalue weighted by Crippen LogP contribution is -2.10. The Kier molecular flexibility index (Phi) is 4.23. The number of aryl methyl sites for hydroxylation is 2. The van der Waals surface area contributed by atoms with Crippen LogP contribution < -0.4 is 4.74 Å². The SMILES string of the molecule is COc1c(C)cc(C(=O)C(C)c2ccccc2)cc1C. The molecule has 104 valence electrons. The van der Waals surface area contributed by atoms with E-state index in [0.717, 1.165) is 28.0 Å². The highest BCUT2D eigenvalue weighted by Crippen LogP contribution is 2.27. The molecule has 2 rings (SSSR count). The number of rotatable bonds is 4. The molecule has 0 fully saturated rings. The Balaban J connectivity index is 2.35. The lowest BCUT2D eigenvalue weighted by Gasteiger charge is -2.14. The van der Waals surface area contributed by atoms with E-state index in [-0.39, 0.29) is 11.7 Å². The molecule has 2 heteroatoms. The smallest absolute Gasteiger partial charge is 0.170 e. The van der Waals surface area contributed by atoms with Crippen LogP contribution >= 0.6 is 0 Å². The van der Waals surface area contributed by atoms with Crippen molar-refractivity contribution in [2.75, 3.05) is 7.11 Å². The van der Waals surface area contributed by atoms with Gasteiger partial charge in [-0.15, -0.1) is 0 Å². The van der Waals surface area contributed by atoms with Gasteiger partial charge in [-0.2, -0.15) is 0 Å².